The summed E-state index contributed by atoms with van der Waals surface area (Å²) >= 11 is 5.99. The standard InChI is InChI=1S/C14H18ClNO/c1-13-5-7-14(16-13,8-6-13)12(17)10-3-2-4-11(15)9-10/h2-4,9,12,16-17H,5-8H2,1H3. The lowest BCUT2D eigenvalue weighted by molar-refractivity contribution is 0.0738. The quantitative estimate of drug-likeness (QED) is 0.847. The summed E-state index contributed by atoms with van der Waals surface area (Å²) in [6, 6.07) is 7.58. The van der Waals surface area contributed by atoms with Crippen molar-refractivity contribution in [2.24, 2.45) is 0 Å². The molecule has 17 heavy (non-hydrogen) atoms. The second kappa shape index (κ2) is 3.71. The molecule has 3 heteroatoms. The summed E-state index contributed by atoms with van der Waals surface area (Å²) in [4.78, 5) is 0. The molecule has 2 fully saturated rings. The summed E-state index contributed by atoms with van der Waals surface area (Å²) < 4.78 is 0. The molecule has 92 valence electrons. The van der Waals surface area contributed by atoms with Gasteiger partial charge in [-0.3, -0.25) is 0 Å². The highest BCUT2D eigenvalue weighted by Gasteiger charge is 2.54. The average Bonchev–Trinajstić information content (AvgIpc) is 2.83. The molecule has 2 aliphatic rings. The fourth-order valence-corrected chi connectivity index (χ4v) is 3.64. The summed E-state index contributed by atoms with van der Waals surface area (Å²) in [6.45, 7) is 2.26. The molecule has 0 radical (unpaired) electrons. The molecular formula is C14H18ClNO. The van der Waals surface area contributed by atoms with Gasteiger partial charge in [-0.05, 0) is 50.3 Å². The Bertz CT molecular complexity index is 438. The first-order chi connectivity index (χ1) is 8.03. The lowest BCUT2D eigenvalue weighted by Gasteiger charge is -2.32. The first kappa shape index (κ1) is 11.5. The van der Waals surface area contributed by atoms with E-state index in [2.05, 4.69) is 12.2 Å². The van der Waals surface area contributed by atoms with Gasteiger partial charge in [0.1, 0.15) is 0 Å². The van der Waals surface area contributed by atoms with Gasteiger partial charge >= 0.3 is 0 Å². The van der Waals surface area contributed by atoms with Gasteiger partial charge in [0, 0.05) is 16.1 Å². The highest BCUT2D eigenvalue weighted by molar-refractivity contribution is 6.30. The minimum atomic E-state index is -0.453. The van der Waals surface area contributed by atoms with Crippen LogP contribution in [0.1, 0.15) is 44.3 Å². The maximum atomic E-state index is 10.6. The zero-order valence-corrected chi connectivity index (χ0v) is 10.8. The summed E-state index contributed by atoms with van der Waals surface area (Å²) in [5.74, 6) is 0. The Balaban J connectivity index is 1.90. The van der Waals surface area contributed by atoms with Crippen molar-refractivity contribution in [2.75, 3.05) is 0 Å². The van der Waals surface area contributed by atoms with Crippen molar-refractivity contribution in [2.45, 2.75) is 49.8 Å². The van der Waals surface area contributed by atoms with E-state index < -0.39 is 6.10 Å². The molecule has 1 aromatic rings. The van der Waals surface area contributed by atoms with Crippen molar-refractivity contribution >= 4 is 11.6 Å². The third kappa shape index (κ3) is 1.79. The summed E-state index contributed by atoms with van der Waals surface area (Å²) in [6.07, 6.45) is 3.97. The van der Waals surface area contributed by atoms with Crippen LogP contribution in [0.25, 0.3) is 0 Å². The first-order valence-corrected chi connectivity index (χ1v) is 6.64. The Hall–Kier alpha value is -0.570. The van der Waals surface area contributed by atoms with Crippen LogP contribution in [0.3, 0.4) is 0 Å². The Morgan fingerprint density at radius 1 is 1.29 bits per heavy atom. The second-order valence-corrected chi connectivity index (χ2v) is 6.24. The molecule has 2 bridgehead atoms. The molecule has 2 nitrogen and oxygen atoms in total. The number of aliphatic hydroxyl groups excluding tert-OH is 1. The van der Waals surface area contributed by atoms with Crippen molar-refractivity contribution in [1.82, 2.24) is 5.32 Å². The zero-order valence-electron chi connectivity index (χ0n) is 10.0. The van der Waals surface area contributed by atoms with Gasteiger partial charge in [-0.15, -0.1) is 0 Å². The number of rotatable bonds is 2. The van der Waals surface area contributed by atoms with Gasteiger partial charge in [-0.25, -0.2) is 0 Å². The smallest absolute Gasteiger partial charge is 0.0972 e. The molecule has 0 aliphatic carbocycles. The SMILES string of the molecule is CC12CCC(C(O)c3cccc(Cl)c3)(CC1)N2. The van der Waals surface area contributed by atoms with Crippen LogP contribution in [-0.2, 0) is 0 Å². The predicted octanol–water partition coefficient (Wildman–Crippen LogP) is 3.05. The van der Waals surface area contributed by atoms with E-state index in [1.165, 1.54) is 0 Å². The molecule has 2 aliphatic heterocycles. The minimum Gasteiger partial charge on any atom is -0.386 e. The number of nitrogens with one attached hydrogen (secondary N) is 1. The van der Waals surface area contributed by atoms with Gasteiger partial charge in [0.25, 0.3) is 0 Å². The van der Waals surface area contributed by atoms with Crippen molar-refractivity contribution in [1.29, 1.82) is 0 Å². The highest BCUT2D eigenvalue weighted by atomic mass is 35.5. The van der Waals surface area contributed by atoms with Gasteiger partial charge in [-0.2, -0.15) is 0 Å². The van der Waals surface area contributed by atoms with Crippen LogP contribution in [0.5, 0.6) is 0 Å². The Morgan fingerprint density at radius 2 is 2.00 bits per heavy atom. The highest BCUT2D eigenvalue weighted by Crippen LogP contribution is 2.50. The van der Waals surface area contributed by atoms with E-state index in [9.17, 15) is 5.11 Å². The molecule has 0 saturated carbocycles. The molecule has 2 saturated heterocycles. The molecule has 1 unspecified atom stereocenters. The van der Waals surface area contributed by atoms with Crippen LogP contribution >= 0.6 is 11.6 Å². The topological polar surface area (TPSA) is 32.3 Å². The van der Waals surface area contributed by atoms with E-state index in [0.717, 1.165) is 31.2 Å². The number of halogens is 1. The zero-order chi connectivity index (χ0) is 12.1. The molecule has 3 rings (SSSR count). The summed E-state index contributed by atoms with van der Waals surface area (Å²) in [7, 11) is 0. The Kier molecular flexibility index (Phi) is 2.51. The van der Waals surface area contributed by atoms with Crippen LogP contribution in [0.2, 0.25) is 5.02 Å². The fourth-order valence-electron chi connectivity index (χ4n) is 3.44. The van der Waals surface area contributed by atoms with Gasteiger partial charge in [0.05, 0.1) is 6.10 Å². The molecule has 1 atom stereocenters. The van der Waals surface area contributed by atoms with Gasteiger partial charge in [0.15, 0.2) is 0 Å². The van der Waals surface area contributed by atoms with Crippen molar-refractivity contribution < 1.29 is 5.11 Å². The van der Waals surface area contributed by atoms with Crippen LogP contribution in [0.4, 0.5) is 0 Å². The summed E-state index contributed by atoms with van der Waals surface area (Å²) in [5.41, 5.74) is 1.04. The Morgan fingerprint density at radius 3 is 2.53 bits per heavy atom. The third-order valence-electron chi connectivity index (χ3n) is 4.48. The van der Waals surface area contributed by atoms with E-state index in [-0.39, 0.29) is 11.1 Å². The third-order valence-corrected chi connectivity index (χ3v) is 4.72. The lowest BCUT2D eigenvalue weighted by atomic mass is 9.78. The van der Waals surface area contributed by atoms with Gasteiger partial charge in [0.2, 0.25) is 0 Å². The molecule has 2 heterocycles. The van der Waals surface area contributed by atoms with Crippen LogP contribution in [-0.4, -0.2) is 16.2 Å². The minimum absolute atomic E-state index is 0.126. The lowest BCUT2D eigenvalue weighted by Crippen LogP contribution is -2.45. The molecule has 0 amide bonds. The summed E-state index contributed by atoms with van der Waals surface area (Å²) in [5, 5.41) is 14.9. The number of hydrogen-bond acceptors (Lipinski definition) is 2. The predicted molar refractivity (Wildman–Crippen MR) is 69.2 cm³/mol. The van der Waals surface area contributed by atoms with Crippen LogP contribution < -0.4 is 5.32 Å². The largest absolute Gasteiger partial charge is 0.386 e. The second-order valence-electron chi connectivity index (χ2n) is 5.80. The molecular weight excluding hydrogens is 234 g/mol. The van der Waals surface area contributed by atoms with E-state index in [1.54, 1.807) is 0 Å². The molecule has 2 N–H and O–H groups in total. The fraction of sp³-hybridized carbons (Fsp3) is 0.571. The van der Waals surface area contributed by atoms with Crippen molar-refractivity contribution in [3.8, 4) is 0 Å². The van der Waals surface area contributed by atoms with Crippen molar-refractivity contribution in [3.05, 3.63) is 34.9 Å². The van der Waals surface area contributed by atoms with E-state index in [0.29, 0.717) is 5.02 Å². The molecule has 0 aromatic heterocycles. The van der Waals surface area contributed by atoms with Gasteiger partial charge < -0.3 is 10.4 Å². The van der Waals surface area contributed by atoms with E-state index in [1.807, 2.05) is 24.3 Å². The maximum Gasteiger partial charge on any atom is 0.0972 e. The van der Waals surface area contributed by atoms with Crippen LogP contribution in [0, 0.1) is 0 Å². The first-order valence-electron chi connectivity index (χ1n) is 6.26. The number of fused-ring (bicyclic) bond motifs is 2. The van der Waals surface area contributed by atoms with Gasteiger partial charge in [-0.1, -0.05) is 23.7 Å². The number of aliphatic hydroxyl groups is 1. The average molecular weight is 252 g/mol. The molecule has 1 aromatic carbocycles. The number of hydrogen-bond donors (Lipinski definition) is 2. The van der Waals surface area contributed by atoms with Crippen molar-refractivity contribution in [3.63, 3.8) is 0 Å². The van der Waals surface area contributed by atoms with E-state index in [4.69, 9.17) is 11.6 Å². The Labute approximate surface area is 107 Å². The number of benzene rings is 1. The van der Waals surface area contributed by atoms with Crippen LogP contribution in [0.15, 0.2) is 24.3 Å². The molecule has 0 spiro atoms. The maximum absolute atomic E-state index is 10.6. The van der Waals surface area contributed by atoms with E-state index >= 15 is 0 Å². The monoisotopic (exact) mass is 251 g/mol. The normalized spacial score (nSPS) is 37.4.